The normalized spacial score (nSPS) is 23.5. The molecule has 0 spiro atoms. The predicted octanol–water partition coefficient (Wildman–Crippen LogP) is 2.96. The van der Waals surface area contributed by atoms with Crippen molar-refractivity contribution in [2.45, 2.75) is 44.7 Å². The number of amides is 4. The van der Waals surface area contributed by atoms with Crippen LogP contribution in [0.15, 0.2) is 48.5 Å². The van der Waals surface area contributed by atoms with Gasteiger partial charge in [0.05, 0.1) is 6.04 Å². The average Bonchev–Trinajstić information content (AvgIpc) is 2.92. The number of aryl methyl sites for hydroxylation is 2. The van der Waals surface area contributed by atoms with Crippen LogP contribution < -0.4 is 10.6 Å². The molecule has 0 saturated carbocycles. The number of imide groups is 1. The highest BCUT2D eigenvalue weighted by Gasteiger charge is 2.49. The summed E-state index contributed by atoms with van der Waals surface area (Å²) in [6.45, 7) is 3.35. The van der Waals surface area contributed by atoms with Gasteiger partial charge in [0.2, 0.25) is 5.91 Å². The molecular formula is C23H25N3O3. The Morgan fingerprint density at radius 1 is 1.17 bits per heavy atom. The molecule has 29 heavy (non-hydrogen) atoms. The third-order valence-electron chi connectivity index (χ3n) is 5.91. The van der Waals surface area contributed by atoms with Crippen molar-refractivity contribution in [3.05, 3.63) is 70.8 Å². The summed E-state index contributed by atoms with van der Waals surface area (Å²) in [5, 5.41) is 5.75. The fourth-order valence-electron chi connectivity index (χ4n) is 4.21. The van der Waals surface area contributed by atoms with E-state index in [1.807, 2.05) is 49.4 Å². The largest absolute Gasteiger partial charge is 0.348 e. The van der Waals surface area contributed by atoms with E-state index in [9.17, 15) is 14.4 Å². The van der Waals surface area contributed by atoms with Crippen LogP contribution in [0.3, 0.4) is 0 Å². The standard InChI is InChI=1S/C23H25N3O3/c1-15-10-12-17(13-11-15)23(2)21(28)26(22(29)25-23)14-20(27)24-19-9-5-7-16-6-3-4-8-18(16)19/h3-4,6,8,10-13,19H,5,7,9,14H2,1-2H3,(H,24,27)(H,25,29)/t19-,23+/m1/s1. The van der Waals surface area contributed by atoms with Crippen molar-refractivity contribution in [2.24, 2.45) is 0 Å². The summed E-state index contributed by atoms with van der Waals surface area (Å²) in [7, 11) is 0. The van der Waals surface area contributed by atoms with E-state index in [4.69, 9.17) is 0 Å². The molecule has 0 radical (unpaired) electrons. The molecule has 2 aromatic rings. The van der Waals surface area contributed by atoms with Crippen molar-refractivity contribution in [3.63, 3.8) is 0 Å². The van der Waals surface area contributed by atoms with Crippen LogP contribution in [0.1, 0.15) is 48.1 Å². The Bertz CT molecular complexity index is 970. The lowest BCUT2D eigenvalue weighted by Crippen LogP contribution is -2.44. The van der Waals surface area contributed by atoms with Gasteiger partial charge in [-0.25, -0.2) is 4.79 Å². The van der Waals surface area contributed by atoms with E-state index in [2.05, 4.69) is 16.7 Å². The Kier molecular flexibility index (Phi) is 4.86. The minimum absolute atomic E-state index is 0.0864. The third-order valence-corrected chi connectivity index (χ3v) is 5.91. The Morgan fingerprint density at radius 2 is 1.90 bits per heavy atom. The minimum atomic E-state index is -1.16. The SMILES string of the molecule is Cc1ccc([C@]2(C)NC(=O)N(CC(=O)N[C@@H]3CCCc4ccccc43)C2=O)cc1. The van der Waals surface area contributed by atoms with E-state index in [-0.39, 0.29) is 18.5 Å². The number of nitrogens with one attached hydrogen (secondary N) is 2. The summed E-state index contributed by atoms with van der Waals surface area (Å²) in [5.74, 6) is -0.742. The number of nitrogens with zero attached hydrogens (tertiary/aromatic N) is 1. The van der Waals surface area contributed by atoms with E-state index >= 15 is 0 Å². The number of rotatable bonds is 4. The summed E-state index contributed by atoms with van der Waals surface area (Å²) < 4.78 is 0. The first kappa shape index (κ1) is 19.2. The maximum absolute atomic E-state index is 13.0. The van der Waals surface area contributed by atoms with Crippen molar-refractivity contribution in [1.82, 2.24) is 15.5 Å². The van der Waals surface area contributed by atoms with Gasteiger partial charge in [-0.2, -0.15) is 0 Å². The predicted molar refractivity (Wildman–Crippen MR) is 109 cm³/mol. The van der Waals surface area contributed by atoms with Gasteiger partial charge in [-0.15, -0.1) is 0 Å². The molecule has 0 aromatic heterocycles. The van der Waals surface area contributed by atoms with E-state index in [0.717, 1.165) is 35.3 Å². The van der Waals surface area contributed by atoms with Gasteiger partial charge in [0.15, 0.2) is 0 Å². The molecule has 4 rings (SSSR count). The zero-order chi connectivity index (χ0) is 20.6. The number of carbonyl (C=O) groups excluding carboxylic acids is 3. The Balaban J connectivity index is 1.47. The lowest BCUT2D eigenvalue weighted by Gasteiger charge is -2.27. The molecule has 0 unspecified atom stereocenters. The molecule has 1 saturated heterocycles. The summed E-state index contributed by atoms with van der Waals surface area (Å²) in [5.41, 5.74) is 2.96. The lowest BCUT2D eigenvalue weighted by molar-refractivity contribution is -0.135. The maximum atomic E-state index is 13.0. The molecular weight excluding hydrogens is 366 g/mol. The molecule has 1 heterocycles. The molecule has 1 aliphatic carbocycles. The number of hydrogen-bond donors (Lipinski definition) is 2. The van der Waals surface area contributed by atoms with Gasteiger partial charge in [-0.05, 0) is 49.8 Å². The first-order chi connectivity index (χ1) is 13.9. The molecule has 2 aromatic carbocycles. The highest BCUT2D eigenvalue weighted by Crippen LogP contribution is 2.31. The van der Waals surface area contributed by atoms with Crippen LogP contribution in [0.2, 0.25) is 0 Å². The molecule has 6 nitrogen and oxygen atoms in total. The molecule has 2 N–H and O–H groups in total. The third kappa shape index (κ3) is 3.50. The molecule has 4 amide bonds. The average molecular weight is 391 g/mol. The Hall–Kier alpha value is -3.15. The number of hydrogen-bond acceptors (Lipinski definition) is 3. The molecule has 1 aliphatic heterocycles. The summed E-state index contributed by atoms with van der Waals surface area (Å²) in [4.78, 5) is 39.2. The summed E-state index contributed by atoms with van der Waals surface area (Å²) in [6.07, 6.45) is 2.85. The maximum Gasteiger partial charge on any atom is 0.325 e. The second-order valence-electron chi connectivity index (χ2n) is 8.02. The quantitative estimate of drug-likeness (QED) is 0.787. The van der Waals surface area contributed by atoms with Gasteiger partial charge in [0.1, 0.15) is 12.1 Å². The molecule has 150 valence electrons. The van der Waals surface area contributed by atoms with E-state index in [0.29, 0.717) is 5.56 Å². The summed E-state index contributed by atoms with van der Waals surface area (Å²) in [6, 6.07) is 14.9. The van der Waals surface area contributed by atoms with Gasteiger partial charge in [-0.3, -0.25) is 14.5 Å². The van der Waals surface area contributed by atoms with Crippen molar-refractivity contribution in [1.29, 1.82) is 0 Å². The molecule has 2 atom stereocenters. The van der Waals surface area contributed by atoms with Crippen LogP contribution in [-0.4, -0.2) is 29.3 Å². The highest BCUT2D eigenvalue weighted by atomic mass is 16.2. The monoisotopic (exact) mass is 391 g/mol. The van der Waals surface area contributed by atoms with Crippen LogP contribution in [0, 0.1) is 6.92 Å². The number of carbonyl (C=O) groups is 3. The van der Waals surface area contributed by atoms with Crippen molar-refractivity contribution < 1.29 is 14.4 Å². The fraction of sp³-hybridized carbons (Fsp3) is 0.348. The summed E-state index contributed by atoms with van der Waals surface area (Å²) >= 11 is 0. The number of fused-ring (bicyclic) bond motifs is 1. The van der Waals surface area contributed by atoms with Crippen LogP contribution in [0.5, 0.6) is 0 Å². The zero-order valence-electron chi connectivity index (χ0n) is 16.7. The van der Waals surface area contributed by atoms with Gasteiger partial charge in [0.25, 0.3) is 5.91 Å². The van der Waals surface area contributed by atoms with Crippen LogP contribution in [0.4, 0.5) is 4.79 Å². The van der Waals surface area contributed by atoms with E-state index in [1.54, 1.807) is 6.92 Å². The zero-order valence-corrected chi connectivity index (χ0v) is 16.7. The fourth-order valence-corrected chi connectivity index (χ4v) is 4.21. The molecule has 6 heteroatoms. The van der Waals surface area contributed by atoms with Gasteiger partial charge >= 0.3 is 6.03 Å². The molecule has 0 bridgehead atoms. The van der Waals surface area contributed by atoms with Crippen LogP contribution >= 0.6 is 0 Å². The second kappa shape index (κ2) is 7.35. The van der Waals surface area contributed by atoms with E-state index in [1.165, 1.54) is 5.56 Å². The van der Waals surface area contributed by atoms with Crippen LogP contribution in [-0.2, 0) is 21.5 Å². The first-order valence-electron chi connectivity index (χ1n) is 9.97. The molecule has 2 aliphatic rings. The van der Waals surface area contributed by atoms with Gasteiger partial charge in [-0.1, -0.05) is 54.1 Å². The van der Waals surface area contributed by atoms with E-state index < -0.39 is 17.5 Å². The number of urea groups is 1. The lowest BCUT2D eigenvalue weighted by atomic mass is 9.88. The second-order valence-corrected chi connectivity index (χ2v) is 8.02. The van der Waals surface area contributed by atoms with Gasteiger partial charge < -0.3 is 10.6 Å². The van der Waals surface area contributed by atoms with Gasteiger partial charge in [0, 0.05) is 0 Å². The topological polar surface area (TPSA) is 78.5 Å². The smallest absolute Gasteiger partial charge is 0.325 e. The Morgan fingerprint density at radius 3 is 2.66 bits per heavy atom. The van der Waals surface area contributed by atoms with Crippen LogP contribution in [0.25, 0.3) is 0 Å². The minimum Gasteiger partial charge on any atom is -0.348 e. The number of benzene rings is 2. The highest BCUT2D eigenvalue weighted by molar-refractivity contribution is 6.09. The van der Waals surface area contributed by atoms with Crippen molar-refractivity contribution in [3.8, 4) is 0 Å². The van der Waals surface area contributed by atoms with Crippen molar-refractivity contribution >= 4 is 17.8 Å². The first-order valence-corrected chi connectivity index (χ1v) is 9.97. The Labute approximate surface area is 170 Å². The van der Waals surface area contributed by atoms with Crippen molar-refractivity contribution in [2.75, 3.05) is 6.54 Å². The molecule has 1 fully saturated rings.